The molecule has 0 aliphatic rings. The van der Waals surface area contributed by atoms with E-state index in [9.17, 15) is 9.59 Å². The molecule has 0 saturated carbocycles. The van der Waals surface area contributed by atoms with Crippen LogP contribution in [0.3, 0.4) is 0 Å². The van der Waals surface area contributed by atoms with Gasteiger partial charge in [-0.1, -0.05) is 55.1 Å². The number of aromatic amines is 1. The Kier molecular flexibility index (Phi) is 6.29. The Balaban J connectivity index is 1.53. The second kappa shape index (κ2) is 9.68. The highest BCUT2D eigenvalue weighted by atomic mass is 32.2. The molecule has 0 aliphatic heterocycles. The number of carbonyl (C=O) groups is 1. The molecule has 2 N–H and O–H groups in total. The zero-order valence-corrected chi connectivity index (χ0v) is 20.2. The lowest BCUT2D eigenvalue weighted by Crippen LogP contribution is -2.23. The van der Waals surface area contributed by atoms with E-state index in [0.29, 0.717) is 27.6 Å². The number of anilines is 1. The maximum Gasteiger partial charge on any atom is 0.283 e. The molecule has 5 aromatic rings. The van der Waals surface area contributed by atoms with Gasteiger partial charge < -0.3 is 15.0 Å². The molecule has 2 aromatic heterocycles. The van der Waals surface area contributed by atoms with Gasteiger partial charge in [0.25, 0.3) is 5.56 Å². The van der Waals surface area contributed by atoms with Gasteiger partial charge in [0.15, 0.2) is 5.16 Å². The molecule has 35 heavy (non-hydrogen) atoms. The van der Waals surface area contributed by atoms with Gasteiger partial charge in [-0.25, -0.2) is 4.98 Å². The summed E-state index contributed by atoms with van der Waals surface area (Å²) >= 11 is 1.22. The summed E-state index contributed by atoms with van der Waals surface area (Å²) in [5.41, 5.74) is 4.15. The van der Waals surface area contributed by atoms with Crippen molar-refractivity contribution in [1.82, 2.24) is 14.5 Å². The van der Waals surface area contributed by atoms with Crippen LogP contribution in [0.2, 0.25) is 0 Å². The van der Waals surface area contributed by atoms with Gasteiger partial charge in [-0.2, -0.15) is 0 Å². The van der Waals surface area contributed by atoms with Crippen LogP contribution in [0.1, 0.15) is 12.5 Å². The van der Waals surface area contributed by atoms with Crippen LogP contribution in [0.5, 0.6) is 5.75 Å². The van der Waals surface area contributed by atoms with E-state index in [1.54, 1.807) is 13.2 Å². The van der Waals surface area contributed by atoms with Crippen molar-refractivity contribution in [1.29, 1.82) is 0 Å². The number of nitrogens with one attached hydrogen (secondary N) is 2. The van der Waals surface area contributed by atoms with Gasteiger partial charge in [0, 0.05) is 22.7 Å². The molecule has 1 amide bonds. The van der Waals surface area contributed by atoms with Crippen LogP contribution in [0.4, 0.5) is 5.69 Å². The number of fused-ring (bicyclic) bond motifs is 3. The van der Waals surface area contributed by atoms with Crippen molar-refractivity contribution >= 4 is 45.3 Å². The summed E-state index contributed by atoms with van der Waals surface area (Å²) in [5, 5.41) is 4.20. The first-order chi connectivity index (χ1) is 17.1. The van der Waals surface area contributed by atoms with Crippen molar-refractivity contribution in [2.75, 3.05) is 18.2 Å². The van der Waals surface area contributed by atoms with Crippen LogP contribution in [-0.2, 0) is 11.2 Å². The summed E-state index contributed by atoms with van der Waals surface area (Å²) in [7, 11) is 1.58. The van der Waals surface area contributed by atoms with Crippen LogP contribution in [-0.4, -0.2) is 33.3 Å². The highest BCUT2D eigenvalue weighted by molar-refractivity contribution is 7.99. The van der Waals surface area contributed by atoms with Crippen molar-refractivity contribution < 1.29 is 9.53 Å². The van der Waals surface area contributed by atoms with E-state index in [2.05, 4.69) is 17.2 Å². The highest BCUT2D eigenvalue weighted by Crippen LogP contribution is 2.27. The summed E-state index contributed by atoms with van der Waals surface area (Å²) in [6.45, 7) is 2.09. The third kappa shape index (κ3) is 4.52. The van der Waals surface area contributed by atoms with Gasteiger partial charge in [-0.15, -0.1) is 0 Å². The van der Waals surface area contributed by atoms with Crippen LogP contribution < -0.4 is 15.6 Å². The lowest BCUT2D eigenvalue weighted by molar-refractivity contribution is -0.113. The standard InChI is InChI=1S/C27H24N4O3S/c1-3-17-11-13-18(14-12-17)28-23(32)16-35-27-30-24-21-9-4-5-10-22(21)29-25(24)26(33)31(27)19-7-6-8-20(15-19)34-2/h4-15,29H,3,16H2,1-2H3,(H,28,32). The number of para-hydroxylation sites is 1. The number of hydrogen-bond acceptors (Lipinski definition) is 5. The Bertz CT molecular complexity index is 1590. The van der Waals surface area contributed by atoms with Gasteiger partial charge in [0.2, 0.25) is 5.91 Å². The predicted octanol–water partition coefficient (Wildman–Crippen LogP) is 5.17. The molecule has 0 saturated heterocycles. The summed E-state index contributed by atoms with van der Waals surface area (Å²) in [5.74, 6) is 0.542. The fourth-order valence-electron chi connectivity index (χ4n) is 3.97. The number of methoxy groups -OCH3 is 1. The zero-order valence-electron chi connectivity index (χ0n) is 19.4. The average Bonchev–Trinajstić information content (AvgIpc) is 3.27. The van der Waals surface area contributed by atoms with Crippen molar-refractivity contribution in [2.45, 2.75) is 18.5 Å². The Morgan fingerprint density at radius 2 is 1.89 bits per heavy atom. The molecule has 3 aromatic carbocycles. The topological polar surface area (TPSA) is 89.0 Å². The number of benzene rings is 3. The normalized spacial score (nSPS) is 11.1. The number of thioether (sulfide) groups is 1. The lowest BCUT2D eigenvalue weighted by Gasteiger charge is -2.13. The average molecular weight is 485 g/mol. The third-order valence-electron chi connectivity index (χ3n) is 5.78. The fourth-order valence-corrected chi connectivity index (χ4v) is 4.77. The molecular formula is C27H24N4O3S. The SMILES string of the molecule is CCc1ccc(NC(=O)CSc2nc3c([nH]c4ccccc43)c(=O)n2-c2cccc(OC)c2)cc1. The van der Waals surface area contributed by atoms with Gasteiger partial charge in [-0.05, 0) is 42.3 Å². The summed E-state index contributed by atoms with van der Waals surface area (Å²) in [6, 6.07) is 22.7. The second-order valence-corrected chi connectivity index (χ2v) is 8.96. The Hall–Kier alpha value is -4.04. The molecule has 0 radical (unpaired) electrons. The minimum absolute atomic E-state index is 0.0970. The van der Waals surface area contributed by atoms with Crippen LogP contribution in [0.25, 0.3) is 27.6 Å². The molecule has 2 heterocycles. The fraction of sp³-hybridized carbons (Fsp3) is 0.148. The molecule has 0 bridgehead atoms. The number of amides is 1. The van der Waals surface area contributed by atoms with Gasteiger partial charge in [0.05, 0.1) is 18.6 Å². The molecule has 7 nitrogen and oxygen atoms in total. The van der Waals surface area contributed by atoms with E-state index < -0.39 is 0 Å². The number of H-pyrrole nitrogens is 1. The monoisotopic (exact) mass is 484 g/mol. The number of ether oxygens (including phenoxy) is 1. The number of nitrogens with zero attached hydrogens (tertiary/aromatic N) is 2. The molecule has 5 rings (SSSR count). The predicted molar refractivity (Wildman–Crippen MR) is 141 cm³/mol. The molecular weight excluding hydrogens is 460 g/mol. The molecule has 0 unspecified atom stereocenters. The maximum absolute atomic E-state index is 13.7. The van der Waals surface area contributed by atoms with Crippen LogP contribution in [0, 0.1) is 0 Å². The van der Waals surface area contributed by atoms with Crippen molar-refractivity contribution in [2.24, 2.45) is 0 Å². The Labute approximate surface area is 206 Å². The third-order valence-corrected chi connectivity index (χ3v) is 6.72. The van der Waals surface area contributed by atoms with Crippen molar-refractivity contribution in [3.8, 4) is 11.4 Å². The molecule has 0 spiro atoms. The van der Waals surface area contributed by atoms with Crippen molar-refractivity contribution in [3.05, 3.63) is 88.7 Å². The van der Waals surface area contributed by atoms with Crippen molar-refractivity contribution in [3.63, 3.8) is 0 Å². The summed E-state index contributed by atoms with van der Waals surface area (Å²) in [6.07, 6.45) is 0.938. The van der Waals surface area contributed by atoms with Crippen LogP contribution in [0.15, 0.2) is 82.7 Å². The quantitative estimate of drug-likeness (QED) is 0.246. The summed E-state index contributed by atoms with van der Waals surface area (Å²) in [4.78, 5) is 34.4. The first-order valence-electron chi connectivity index (χ1n) is 11.3. The Morgan fingerprint density at radius 1 is 1.09 bits per heavy atom. The zero-order chi connectivity index (χ0) is 24.4. The van der Waals surface area contributed by atoms with E-state index >= 15 is 0 Å². The molecule has 0 aliphatic carbocycles. The minimum Gasteiger partial charge on any atom is -0.497 e. The first-order valence-corrected chi connectivity index (χ1v) is 12.3. The highest BCUT2D eigenvalue weighted by Gasteiger charge is 2.18. The van der Waals surface area contributed by atoms with E-state index in [-0.39, 0.29) is 17.2 Å². The number of rotatable bonds is 7. The molecule has 0 fully saturated rings. The number of carbonyl (C=O) groups excluding carboxylic acids is 1. The number of aromatic nitrogens is 3. The number of aryl methyl sites for hydroxylation is 1. The van der Waals surface area contributed by atoms with Gasteiger partial charge in [-0.3, -0.25) is 14.2 Å². The van der Waals surface area contributed by atoms with E-state index in [4.69, 9.17) is 9.72 Å². The molecule has 176 valence electrons. The van der Waals surface area contributed by atoms with Gasteiger partial charge in [0.1, 0.15) is 16.8 Å². The first kappa shape index (κ1) is 22.7. The maximum atomic E-state index is 13.7. The summed E-state index contributed by atoms with van der Waals surface area (Å²) < 4.78 is 6.88. The second-order valence-electron chi connectivity index (χ2n) is 8.02. The minimum atomic E-state index is -0.238. The molecule has 0 atom stereocenters. The lowest BCUT2D eigenvalue weighted by atomic mass is 10.1. The number of hydrogen-bond donors (Lipinski definition) is 2. The van der Waals surface area contributed by atoms with E-state index in [1.807, 2.05) is 66.7 Å². The van der Waals surface area contributed by atoms with E-state index in [1.165, 1.54) is 21.9 Å². The van der Waals surface area contributed by atoms with E-state index in [0.717, 1.165) is 23.0 Å². The molecule has 8 heteroatoms. The van der Waals surface area contributed by atoms with Crippen LogP contribution >= 0.6 is 11.8 Å². The Morgan fingerprint density at radius 3 is 2.66 bits per heavy atom. The largest absolute Gasteiger partial charge is 0.497 e. The van der Waals surface area contributed by atoms with Gasteiger partial charge >= 0.3 is 0 Å². The smallest absolute Gasteiger partial charge is 0.283 e.